The first-order valence-electron chi connectivity index (χ1n) is 5.81. The number of amides is 1. The van der Waals surface area contributed by atoms with Crippen molar-refractivity contribution in [3.05, 3.63) is 29.6 Å². The van der Waals surface area contributed by atoms with E-state index in [9.17, 15) is 4.79 Å². The third-order valence-corrected chi connectivity index (χ3v) is 4.12. The summed E-state index contributed by atoms with van der Waals surface area (Å²) in [6.45, 7) is 0. The number of hydrogen-bond donors (Lipinski definition) is 2. The van der Waals surface area contributed by atoms with Gasteiger partial charge in [-0.05, 0) is 36.5 Å². The maximum Gasteiger partial charge on any atom is 0.270 e. The standard InChI is InChI=1S/C12H15N3OS2/c13-11(17)8-1-2-10(14-7-8)12(16)15-9-3-5-18-6-4-9/h1-2,7,9H,3-6H2,(H2,13,17)(H,15,16). The second kappa shape index (κ2) is 6.15. The molecule has 1 amide bonds. The zero-order valence-corrected chi connectivity index (χ0v) is 11.5. The molecule has 0 bridgehead atoms. The minimum atomic E-state index is -0.124. The fourth-order valence-corrected chi connectivity index (χ4v) is 3.00. The topological polar surface area (TPSA) is 68.0 Å². The first-order valence-corrected chi connectivity index (χ1v) is 7.37. The smallest absolute Gasteiger partial charge is 0.270 e. The largest absolute Gasteiger partial charge is 0.389 e. The van der Waals surface area contributed by atoms with Crippen molar-refractivity contribution in [2.45, 2.75) is 18.9 Å². The molecule has 2 rings (SSSR count). The van der Waals surface area contributed by atoms with E-state index in [2.05, 4.69) is 10.3 Å². The Morgan fingerprint density at radius 2 is 2.17 bits per heavy atom. The number of thioether (sulfide) groups is 1. The predicted molar refractivity (Wildman–Crippen MR) is 77.9 cm³/mol. The summed E-state index contributed by atoms with van der Waals surface area (Å²) in [7, 11) is 0. The minimum Gasteiger partial charge on any atom is -0.389 e. The van der Waals surface area contributed by atoms with Gasteiger partial charge in [-0.25, -0.2) is 0 Å². The Hall–Kier alpha value is -1.14. The van der Waals surface area contributed by atoms with Gasteiger partial charge in [-0.15, -0.1) is 0 Å². The number of pyridine rings is 1. The van der Waals surface area contributed by atoms with Crippen molar-refractivity contribution in [2.75, 3.05) is 11.5 Å². The molecule has 6 heteroatoms. The van der Waals surface area contributed by atoms with E-state index in [0.717, 1.165) is 24.3 Å². The van der Waals surface area contributed by atoms with Crippen LogP contribution in [0.15, 0.2) is 18.3 Å². The summed E-state index contributed by atoms with van der Waals surface area (Å²) in [4.78, 5) is 16.3. The molecule has 1 saturated heterocycles. The van der Waals surface area contributed by atoms with Crippen LogP contribution in [-0.4, -0.2) is 33.4 Å². The molecule has 1 fully saturated rings. The van der Waals surface area contributed by atoms with Crippen LogP contribution < -0.4 is 11.1 Å². The number of nitrogens with zero attached hydrogens (tertiary/aromatic N) is 1. The van der Waals surface area contributed by atoms with Crippen LogP contribution in [0, 0.1) is 0 Å². The average Bonchev–Trinajstić information content (AvgIpc) is 2.40. The Bertz CT molecular complexity index is 441. The molecule has 0 spiro atoms. The van der Waals surface area contributed by atoms with Crippen LogP contribution in [0.4, 0.5) is 0 Å². The molecule has 18 heavy (non-hydrogen) atoms. The highest BCUT2D eigenvalue weighted by molar-refractivity contribution is 7.99. The summed E-state index contributed by atoms with van der Waals surface area (Å²) in [5.41, 5.74) is 6.56. The van der Waals surface area contributed by atoms with Gasteiger partial charge in [0.15, 0.2) is 0 Å². The molecular weight excluding hydrogens is 266 g/mol. The summed E-state index contributed by atoms with van der Waals surface area (Å²) in [5, 5.41) is 3.00. The van der Waals surface area contributed by atoms with Crippen molar-refractivity contribution < 1.29 is 4.79 Å². The maximum absolute atomic E-state index is 11.9. The molecule has 0 unspecified atom stereocenters. The number of rotatable bonds is 3. The molecule has 0 radical (unpaired) electrons. The van der Waals surface area contributed by atoms with Crippen LogP contribution in [0.1, 0.15) is 28.9 Å². The normalized spacial score (nSPS) is 16.2. The van der Waals surface area contributed by atoms with E-state index in [1.807, 2.05) is 11.8 Å². The van der Waals surface area contributed by atoms with E-state index in [-0.39, 0.29) is 11.9 Å². The Balaban J connectivity index is 1.97. The summed E-state index contributed by atoms with van der Waals surface area (Å²) < 4.78 is 0. The van der Waals surface area contributed by atoms with Crippen LogP contribution in [0.5, 0.6) is 0 Å². The highest BCUT2D eigenvalue weighted by Gasteiger charge is 2.17. The zero-order chi connectivity index (χ0) is 13.0. The molecule has 1 aromatic heterocycles. The molecule has 0 aromatic carbocycles. The molecule has 0 atom stereocenters. The first kappa shape index (κ1) is 13.3. The fourth-order valence-electron chi connectivity index (χ4n) is 1.78. The third kappa shape index (κ3) is 3.43. The Morgan fingerprint density at radius 1 is 1.44 bits per heavy atom. The van der Waals surface area contributed by atoms with Gasteiger partial charge >= 0.3 is 0 Å². The van der Waals surface area contributed by atoms with Crippen molar-refractivity contribution >= 4 is 34.9 Å². The van der Waals surface area contributed by atoms with Gasteiger partial charge in [0, 0.05) is 17.8 Å². The van der Waals surface area contributed by atoms with Crippen molar-refractivity contribution in [1.29, 1.82) is 0 Å². The Labute approximate surface area is 116 Å². The molecule has 1 aliphatic rings. The first-order chi connectivity index (χ1) is 8.66. The third-order valence-electron chi connectivity index (χ3n) is 2.84. The SMILES string of the molecule is NC(=S)c1ccc(C(=O)NC2CCSCC2)nc1. The van der Waals surface area contributed by atoms with E-state index in [4.69, 9.17) is 18.0 Å². The molecule has 0 saturated carbocycles. The molecular formula is C12H15N3OS2. The second-order valence-electron chi connectivity index (χ2n) is 4.16. The van der Waals surface area contributed by atoms with Gasteiger partial charge in [0.2, 0.25) is 0 Å². The lowest BCUT2D eigenvalue weighted by Gasteiger charge is -2.22. The summed E-state index contributed by atoms with van der Waals surface area (Å²) >= 11 is 6.77. The number of nitrogens with two attached hydrogens (primary N) is 1. The molecule has 96 valence electrons. The molecule has 0 aliphatic carbocycles. The highest BCUT2D eigenvalue weighted by Crippen LogP contribution is 2.17. The second-order valence-corrected chi connectivity index (χ2v) is 5.82. The number of carbonyl (C=O) groups excluding carboxylic acids is 1. The lowest BCUT2D eigenvalue weighted by Crippen LogP contribution is -2.37. The van der Waals surface area contributed by atoms with E-state index >= 15 is 0 Å². The monoisotopic (exact) mass is 281 g/mol. The van der Waals surface area contributed by atoms with Gasteiger partial charge in [-0.3, -0.25) is 9.78 Å². The molecule has 4 nitrogen and oxygen atoms in total. The number of hydrogen-bond acceptors (Lipinski definition) is 4. The van der Waals surface area contributed by atoms with Crippen LogP contribution in [-0.2, 0) is 0 Å². The summed E-state index contributed by atoms with van der Waals surface area (Å²) in [5.74, 6) is 2.10. The van der Waals surface area contributed by atoms with Gasteiger partial charge in [-0.2, -0.15) is 11.8 Å². The van der Waals surface area contributed by atoms with Crippen LogP contribution in [0.2, 0.25) is 0 Å². The number of thiocarbonyl (C=S) groups is 1. The van der Waals surface area contributed by atoms with Gasteiger partial charge in [-0.1, -0.05) is 12.2 Å². The zero-order valence-electron chi connectivity index (χ0n) is 9.89. The molecule has 1 aliphatic heterocycles. The van der Waals surface area contributed by atoms with Gasteiger partial charge in [0.05, 0.1) is 0 Å². The van der Waals surface area contributed by atoms with E-state index in [1.165, 1.54) is 6.20 Å². The van der Waals surface area contributed by atoms with Crippen molar-refractivity contribution in [3.8, 4) is 0 Å². The number of nitrogens with one attached hydrogen (secondary N) is 1. The molecule has 1 aromatic rings. The average molecular weight is 281 g/mol. The van der Waals surface area contributed by atoms with Crippen molar-refractivity contribution in [1.82, 2.24) is 10.3 Å². The van der Waals surface area contributed by atoms with E-state index < -0.39 is 0 Å². The van der Waals surface area contributed by atoms with Crippen LogP contribution in [0.25, 0.3) is 0 Å². The number of carbonyl (C=O) groups is 1. The number of aromatic nitrogens is 1. The predicted octanol–water partition coefficient (Wildman–Crippen LogP) is 1.34. The van der Waals surface area contributed by atoms with Gasteiger partial charge in [0.25, 0.3) is 5.91 Å². The van der Waals surface area contributed by atoms with E-state index in [1.54, 1.807) is 12.1 Å². The van der Waals surface area contributed by atoms with Crippen molar-refractivity contribution in [3.63, 3.8) is 0 Å². The fraction of sp³-hybridized carbons (Fsp3) is 0.417. The Kier molecular flexibility index (Phi) is 4.54. The quantitative estimate of drug-likeness (QED) is 0.818. The highest BCUT2D eigenvalue weighted by atomic mass is 32.2. The maximum atomic E-state index is 11.9. The summed E-state index contributed by atoms with van der Waals surface area (Å²) in [6.07, 6.45) is 3.59. The lowest BCUT2D eigenvalue weighted by atomic mass is 10.1. The van der Waals surface area contributed by atoms with Crippen LogP contribution >= 0.6 is 24.0 Å². The summed E-state index contributed by atoms with van der Waals surface area (Å²) in [6, 6.07) is 3.65. The van der Waals surface area contributed by atoms with Crippen molar-refractivity contribution in [2.24, 2.45) is 5.73 Å². The van der Waals surface area contributed by atoms with Crippen LogP contribution in [0.3, 0.4) is 0 Å². The Morgan fingerprint density at radius 3 is 2.72 bits per heavy atom. The van der Waals surface area contributed by atoms with Gasteiger partial charge < -0.3 is 11.1 Å². The minimum absolute atomic E-state index is 0.124. The molecule has 2 heterocycles. The van der Waals surface area contributed by atoms with E-state index in [0.29, 0.717) is 16.2 Å². The van der Waals surface area contributed by atoms with Gasteiger partial charge in [0.1, 0.15) is 10.7 Å². The molecule has 3 N–H and O–H groups in total. The lowest BCUT2D eigenvalue weighted by molar-refractivity contribution is 0.0930.